The van der Waals surface area contributed by atoms with Crippen LogP contribution < -0.4 is 0 Å². The molecule has 0 N–H and O–H groups in total. The van der Waals surface area contributed by atoms with Gasteiger partial charge in [0.25, 0.3) is 0 Å². The van der Waals surface area contributed by atoms with Crippen molar-refractivity contribution in [3.8, 4) is 0 Å². The Balaban J connectivity index is 2.72. The van der Waals surface area contributed by atoms with Crippen molar-refractivity contribution >= 4 is 0 Å². The Labute approximate surface area is 125 Å². The average Bonchev–Trinajstić information content (AvgIpc) is 2.34. The summed E-state index contributed by atoms with van der Waals surface area (Å²) in [5.41, 5.74) is 0. The molecule has 0 fully saturated rings. The van der Waals surface area contributed by atoms with Crippen LogP contribution in [0, 0.1) is 11.8 Å². The first-order valence-electron chi connectivity index (χ1n) is 8.27. The normalized spacial score (nSPS) is 29.7. The zero-order valence-electron chi connectivity index (χ0n) is 13.8. The Morgan fingerprint density at radius 1 is 0.750 bits per heavy atom. The number of hydrogen-bond acceptors (Lipinski definition) is 2. The van der Waals surface area contributed by atoms with Crippen LogP contribution in [0.1, 0.15) is 66.2 Å². The topological polar surface area (TPSA) is 24.7 Å². The van der Waals surface area contributed by atoms with E-state index >= 15 is 0 Å². The fraction of sp³-hybridized carbons (Fsp3) is 0.778. The van der Waals surface area contributed by atoms with E-state index in [2.05, 4.69) is 62.2 Å². The summed E-state index contributed by atoms with van der Waals surface area (Å²) in [7, 11) is 0. The summed E-state index contributed by atoms with van der Waals surface area (Å²) < 4.78 is 0. The van der Waals surface area contributed by atoms with Crippen molar-refractivity contribution in [2.24, 2.45) is 22.1 Å². The standard InChI is InChI=1S/C18H32N2/c1-15(2)13-17-11-9-7-5-6-8-10-12-18(20-19-17)14-16(3)4/h7-10,15-18H,5-6,11-14H2,1-4H3/b9-7+,10-8+,20-19+. The molecule has 0 radical (unpaired) electrons. The maximum Gasteiger partial charge on any atom is 0.0745 e. The lowest BCUT2D eigenvalue weighted by atomic mass is 10.0. The van der Waals surface area contributed by atoms with Crippen LogP contribution >= 0.6 is 0 Å². The Bertz CT molecular complexity index is 294. The van der Waals surface area contributed by atoms with Gasteiger partial charge in [-0.1, -0.05) is 52.0 Å². The molecular weight excluding hydrogens is 244 g/mol. The highest BCUT2D eigenvalue weighted by atomic mass is 15.1. The SMILES string of the molecule is CC(C)CC1C/C=C/CC/C=C/CC(CC(C)C)/N=N/1. The van der Waals surface area contributed by atoms with E-state index in [0.29, 0.717) is 23.9 Å². The van der Waals surface area contributed by atoms with Gasteiger partial charge in [0.2, 0.25) is 0 Å². The van der Waals surface area contributed by atoms with Crippen molar-refractivity contribution in [1.29, 1.82) is 0 Å². The highest BCUT2D eigenvalue weighted by Crippen LogP contribution is 2.18. The second kappa shape index (κ2) is 9.90. The summed E-state index contributed by atoms with van der Waals surface area (Å²) in [6.45, 7) is 9.07. The fourth-order valence-electron chi connectivity index (χ4n) is 2.59. The molecule has 2 unspecified atom stereocenters. The highest BCUT2D eigenvalue weighted by Gasteiger charge is 2.12. The van der Waals surface area contributed by atoms with E-state index < -0.39 is 0 Å². The molecule has 20 heavy (non-hydrogen) atoms. The largest absolute Gasteiger partial charge is 0.190 e. The van der Waals surface area contributed by atoms with Crippen molar-refractivity contribution in [3.63, 3.8) is 0 Å². The predicted molar refractivity (Wildman–Crippen MR) is 88.1 cm³/mol. The first kappa shape index (κ1) is 17.1. The van der Waals surface area contributed by atoms with E-state index in [1.807, 2.05) is 0 Å². The lowest BCUT2D eigenvalue weighted by molar-refractivity contribution is 0.442. The molecule has 114 valence electrons. The maximum atomic E-state index is 4.67. The first-order chi connectivity index (χ1) is 9.58. The third-order valence-electron chi connectivity index (χ3n) is 3.53. The Kier molecular flexibility index (Phi) is 8.48. The number of allylic oxidation sites excluding steroid dienone is 2. The summed E-state index contributed by atoms with van der Waals surface area (Å²) >= 11 is 0. The summed E-state index contributed by atoms with van der Waals surface area (Å²) in [5.74, 6) is 1.37. The van der Waals surface area contributed by atoms with E-state index in [-0.39, 0.29) is 0 Å². The monoisotopic (exact) mass is 276 g/mol. The van der Waals surface area contributed by atoms with Crippen LogP contribution in [-0.4, -0.2) is 12.1 Å². The van der Waals surface area contributed by atoms with Gasteiger partial charge in [0, 0.05) is 0 Å². The maximum absolute atomic E-state index is 4.67. The van der Waals surface area contributed by atoms with E-state index in [1.54, 1.807) is 0 Å². The van der Waals surface area contributed by atoms with Crippen LogP contribution in [0.2, 0.25) is 0 Å². The van der Waals surface area contributed by atoms with Crippen molar-refractivity contribution < 1.29 is 0 Å². The minimum Gasteiger partial charge on any atom is -0.190 e. The Hall–Kier alpha value is -0.920. The third kappa shape index (κ3) is 8.29. The molecule has 0 saturated carbocycles. The summed E-state index contributed by atoms with van der Waals surface area (Å²) in [6.07, 6.45) is 15.8. The average molecular weight is 276 g/mol. The van der Waals surface area contributed by atoms with Crippen molar-refractivity contribution in [3.05, 3.63) is 24.3 Å². The Morgan fingerprint density at radius 3 is 1.50 bits per heavy atom. The zero-order valence-corrected chi connectivity index (χ0v) is 13.8. The lowest BCUT2D eigenvalue weighted by Crippen LogP contribution is -2.11. The van der Waals surface area contributed by atoms with Crippen LogP contribution in [0.25, 0.3) is 0 Å². The molecule has 0 aromatic carbocycles. The second-order valence-corrected chi connectivity index (χ2v) is 6.79. The van der Waals surface area contributed by atoms with Gasteiger partial charge in [-0.05, 0) is 50.4 Å². The molecule has 1 heterocycles. The van der Waals surface area contributed by atoms with Gasteiger partial charge in [0.15, 0.2) is 0 Å². The molecule has 0 amide bonds. The molecule has 2 heteroatoms. The van der Waals surface area contributed by atoms with E-state index in [1.165, 1.54) is 0 Å². The molecule has 2 atom stereocenters. The van der Waals surface area contributed by atoms with Crippen molar-refractivity contribution in [1.82, 2.24) is 0 Å². The van der Waals surface area contributed by atoms with E-state index in [4.69, 9.17) is 0 Å². The van der Waals surface area contributed by atoms with Crippen LogP contribution in [-0.2, 0) is 0 Å². The van der Waals surface area contributed by atoms with Crippen LogP contribution in [0.5, 0.6) is 0 Å². The van der Waals surface area contributed by atoms with Gasteiger partial charge in [-0.15, -0.1) is 0 Å². The molecule has 0 aliphatic carbocycles. The summed E-state index contributed by atoms with van der Waals surface area (Å²) in [5, 5.41) is 9.34. The summed E-state index contributed by atoms with van der Waals surface area (Å²) in [6, 6.07) is 0.730. The van der Waals surface area contributed by atoms with Crippen molar-refractivity contribution in [2.45, 2.75) is 78.3 Å². The molecule has 0 spiro atoms. The van der Waals surface area contributed by atoms with Gasteiger partial charge in [-0.2, -0.15) is 10.2 Å². The summed E-state index contributed by atoms with van der Waals surface area (Å²) in [4.78, 5) is 0. The molecule has 0 aromatic heterocycles. The molecule has 0 bridgehead atoms. The smallest absolute Gasteiger partial charge is 0.0745 e. The van der Waals surface area contributed by atoms with Gasteiger partial charge < -0.3 is 0 Å². The molecule has 2 nitrogen and oxygen atoms in total. The molecule has 0 aromatic rings. The van der Waals surface area contributed by atoms with Gasteiger partial charge >= 0.3 is 0 Å². The minimum absolute atomic E-state index is 0.365. The Morgan fingerprint density at radius 2 is 1.15 bits per heavy atom. The molecule has 1 aliphatic heterocycles. The highest BCUT2D eigenvalue weighted by molar-refractivity contribution is 4.93. The second-order valence-electron chi connectivity index (χ2n) is 6.79. The fourth-order valence-corrected chi connectivity index (χ4v) is 2.59. The minimum atomic E-state index is 0.365. The van der Waals surface area contributed by atoms with Crippen LogP contribution in [0.15, 0.2) is 34.5 Å². The van der Waals surface area contributed by atoms with Gasteiger partial charge in [-0.25, -0.2) is 0 Å². The van der Waals surface area contributed by atoms with E-state index in [9.17, 15) is 0 Å². The zero-order chi connectivity index (χ0) is 14.8. The first-order valence-corrected chi connectivity index (χ1v) is 8.27. The number of hydrogen-bond donors (Lipinski definition) is 0. The van der Waals surface area contributed by atoms with Crippen LogP contribution in [0.4, 0.5) is 0 Å². The quantitative estimate of drug-likeness (QED) is 0.566. The number of azo groups is 1. The molecule has 0 saturated heterocycles. The number of rotatable bonds is 4. The molecule has 1 rings (SSSR count). The van der Waals surface area contributed by atoms with Gasteiger partial charge in [-0.3, -0.25) is 0 Å². The van der Waals surface area contributed by atoms with Gasteiger partial charge in [0.1, 0.15) is 0 Å². The third-order valence-corrected chi connectivity index (χ3v) is 3.53. The van der Waals surface area contributed by atoms with Crippen molar-refractivity contribution in [2.75, 3.05) is 0 Å². The lowest BCUT2D eigenvalue weighted by Gasteiger charge is -2.16. The number of nitrogens with zero attached hydrogens (tertiary/aromatic N) is 2. The van der Waals surface area contributed by atoms with Crippen LogP contribution in [0.3, 0.4) is 0 Å². The van der Waals surface area contributed by atoms with Gasteiger partial charge in [0.05, 0.1) is 12.1 Å². The molecule has 1 aliphatic rings. The predicted octanol–water partition coefficient (Wildman–Crippen LogP) is 5.95. The van der Waals surface area contributed by atoms with E-state index in [0.717, 1.165) is 38.5 Å². The molecular formula is C18H32N2.